The van der Waals surface area contributed by atoms with Crippen LogP contribution in [0.3, 0.4) is 0 Å². The maximum Gasteiger partial charge on any atom is 0.253 e. The molecule has 0 aliphatic rings. The highest BCUT2D eigenvalue weighted by atomic mass is 16.1. The Morgan fingerprint density at radius 3 is 2.67 bits per heavy atom. The number of nitrogens with zero attached hydrogens (tertiary/aromatic N) is 1. The summed E-state index contributed by atoms with van der Waals surface area (Å²) in [5.41, 5.74) is 1.71. The molecule has 1 unspecified atom stereocenters. The van der Waals surface area contributed by atoms with E-state index >= 15 is 0 Å². The number of amides is 1. The van der Waals surface area contributed by atoms with Crippen LogP contribution in [0.2, 0.25) is 0 Å². The van der Waals surface area contributed by atoms with Crippen molar-refractivity contribution in [3.05, 3.63) is 36.0 Å². The molecule has 4 heteroatoms. The molecule has 0 saturated carbocycles. The number of H-pyrrole nitrogens is 1. The summed E-state index contributed by atoms with van der Waals surface area (Å²) in [5, 5.41) is 4.04. The van der Waals surface area contributed by atoms with Crippen LogP contribution in [0.15, 0.2) is 30.5 Å². The van der Waals surface area contributed by atoms with Gasteiger partial charge in [0.05, 0.1) is 5.56 Å². The van der Waals surface area contributed by atoms with Crippen molar-refractivity contribution in [2.75, 3.05) is 20.6 Å². The molecule has 0 spiro atoms. The van der Waals surface area contributed by atoms with Gasteiger partial charge in [-0.15, -0.1) is 0 Å². The summed E-state index contributed by atoms with van der Waals surface area (Å²) in [6, 6.07) is 8.23. The molecular formula is C17H25N3O. The molecule has 2 N–H and O–H groups in total. The molecule has 0 saturated heterocycles. The summed E-state index contributed by atoms with van der Waals surface area (Å²) in [6.07, 6.45) is 2.86. The zero-order valence-corrected chi connectivity index (χ0v) is 13.3. The first kappa shape index (κ1) is 15.6. The lowest BCUT2D eigenvalue weighted by molar-refractivity contribution is 0.0940. The fraction of sp³-hybridized carbons (Fsp3) is 0.471. The first-order valence-electron chi connectivity index (χ1n) is 7.49. The van der Waals surface area contributed by atoms with E-state index in [4.69, 9.17) is 0 Å². The zero-order valence-electron chi connectivity index (χ0n) is 13.3. The second-order valence-electron chi connectivity index (χ2n) is 6.20. The largest absolute Gasteiger partial charge is 0.360 e. The molecule has 0 aliphatic carbocycles. The Balaban J connectivity index is 2.04. The van der Waals surface area contributed by atoms with Crippen molar-refractivity contribution in [3.63, 3.8) is 0 Å². The fourth-order valence-electron chi connectivity index (χ4n) is 2.59. The average Bonchev–Trinajstić information content (AvgIpc) is 2.86. The van der Waals surface area contributed by atoms with Crippen LogP contribution in [0.5, 0.6) is 0 Å². The topological polar surface area (TPSA) is 48.1 Å². The Labute approximate surface area is 126 Å². The van der Waals surface area contributed by atoms with Crippen LogP contribution >= 0.6 is 0 Å². The lowest BCUT2D eigenvalue weighted by atomic mass is 10.0. The number of nitrogens with one attached hydrogen (secondary N) is 2. The van der Waals surface area contributed by atoms with E-state index in [2.05, 4.69) is 43.1 Å². The van der Waals surface area contributed by atoms with Gasteiger partial charge >= 0.3 is 0 Å². The predicted octanol–water partition coefficient (Wildman–Crippen LogP) is 2.87. The van der Waals surface area contributed by atoms with Crippen molar-refractivity contribution in [3.8, 4) is 0 Å². The first-order valence-corrected chi connectivity index (χ1v) is 7.49. The van der Waals surface area contributed by atoms with E-state index in [1.165, 1.54) is 0 Å². The molecule has 2 rings (SSSR count). The molecule has 1 aromatic carbocycles. The number of carbonyl (C=O) groups is 1. The Kier molecular flexibility index (Phi) is 5.02. The minimum Gasteiger partial charge on any atom is -0.360 e. The van der Waals surface area contributed by atoms with E-state index in [9.17, 15) is 4.79 Å². The van der Waals surface area contributed by atoms with E-state index in [0.717, 1.165) is 17.3 Å². The Morgan fingerprint density at radius 1 is 1.29 bits per heavy atom. The van der Waals surface area contributed by atoms with Crippen molar-refractivity contribution >= 4 is 16.8 Å². The molecule has 4 nitrogen and oxygen atoms in total. The fourth-order valence-corrected chi connectivity index (χ4v) is 2.59. The summed E-state index contributed by atoms with van der Waals surface area (Å²) in [5.74, 6) is 0.602. The van der Waals surface area contributed by atoms with E-state index < -0.39 is 0 Å². The van der Waals surface area contributed by atoms with Crippen LogP contribution in [0.4, 0.5) is 0 Å². The Hall–Kier alpha value is -1.81. The molecule has 0 fully saturated rings. The number of carbonyl (C=O) groups excluding carboxylic acids is 1. The van der Waals surface area contributed by atoms with Gasteiger partial charge in [-0.3, -0.25) is 4.79 Å². The predicted molar refractivity (Wildman–Crippen MR) is 87.6 cm³/mol. The van der Waals surface area contributed by atoms with Gasteiger partial charge in [-0.1, -0.05) is 32.0 Å². The van der Waals surface area contributed by atoms with Crippen molar-refractivity contribution in [2.24, 2.45) is 5.92 Å². The van der Waals surface area contributed by atoms with Gasteiger partial charge in [-0.25, -0.2) is 0 Å². The number of hydrogen-bond acceptors (Lipinski definition) is 2. The minimum absolute atomic E-state index is 0.0111. The van der Waals surface area contributed by atoms with Gasteiger partial charge in [-0.05, 0) is 32.5 Å². The van der Waals surface area contributed by atoms with Gasteiger partial charge in [-0.2, -0.15) is 0 Å². The highest BCUT2D eigenvalue weighted by molar-refractivity contribution is 6.06. The van der Waals surface area contributed by atoms with Crippen LogP contribution in [0.25, 0.3) is 10.9 Å². The third-order valence-electron chi connectivity index (χ3n) is 3.81. The van der Waals surface area contributed by atoms with E-state index in [-0.39, 0.29) is 5.91 Å². The summed E-state index contributed by atoms with van der Waals surface area (Å²) in [4.78, 5) is 17.7. The van der Waals surface area contributed by atoms with Gasteiger partial charge in [0.2, 0.25) is 0 Å². The third-order valence-corrected chi connectivity index (χ3v) is 3.81. The maximum atomic E-state index is 12.4. The van der Waals surface area contributed by atoms with Crippen LogP contribution < -0.4 is 5.32 Å². The molecule has 1 atom stereocenters. The number of likely N-dealkylation sites (N-methyl/N-ethyl adjacent to an activating group) is 1. The lowest BCUT2D eigenvalue weighted by Gasteiger charge is -2.26. The Morgan fingerprint density at radius 2 is 2.00 bits per heavy atom. The number of rotatable bonds is 6. The van der Waals surface area contributed by atoms with Crippen LogP contribution in [0, 0.1) is 5.92 Å². The van der Waals surface area contributed by atoms with E-state index in [1.54, 1.807) is 6.20 Å². The molecule has 114 valence electrons. The second kappa shape index (κ2) is 6.76. The van der Waals surface area contributed by atoms with Crippen molar-refractivity contribution in [2.45, 2.75) is 26.3 Å². The molecule has 21 heavy (non-hydrogen) atoms. The number of aromatic nitrogens is 1. The monoisotopic (exact) mass is 287 g/mol. The lowest BCUT2D eigenvalue weighted by Crippen LogP contribution is -2.41. The quantitative estimate of drug-likeness (QED) is 0.858. The molecule has 0 bridgehead atoms. The van der Waals surface area contributed by atoms with Gasteiger partial charge in [0.1, 0.15) is 0 Å². The molecule has 0 aliphatic heterocycles. The van der Waals surface area contributed by atoms with Crippen LogP contribution in [-0.4, -0.2) is 42.5 Å². The Bertz CT molecular complexity index is 601. The standard InChI is InChI=1S/C17H25N3O/c1-12(2)9-13(20(3)4)10-19-17(21)15-11-18-16-8-6-5-7-14(15)16/h5-8,11-13,18H,9-10H2,1-4H3,(H,19,21). The number of hydrogen-bond donors (Lipinski definition) is 2. The van der Waals surface area contributed by atoms with Crippen molar-refractivity contribution in [1.82, 2.24) is 15.2 Å². The molecule has 1 aromatic heterocycles. The minimum atomic E-state index is -0.0111. The molecular weight excluding hydrogens is 262 g/mol. The summed E-state index contributed by atoms with van der Waals surface area (Å²) in [6.45, 7) is 5.08. The van der Waals surface area contributed by atoms with E-state index in [0.29, 0.717) is 24.1 Å². The van der Waals surface area contributed by atoms with E-state index in [1.807, 2.05) is 24.3 Å². The molecule has 0 radical (unpaired) electrons. The molecule has 1 heterocycles. The highest BCUT2D eigenvalue weighted by Gasteiger charge is 2.16. The highest BCUT2D eigenvalue weighted by Crippen LogP contribution is 2.17. The third kappa shape index (κ3) is 3.85. The SMILES string of the molecule is CC(C)CC(CNC(=O)c1c[nH]c2ccccc12)N(C)C. The van der Waals surface area contributed by atoms with Gasteiger partial charge < -0.3 is 15.2 Å². The summed E-state index contributed by atoms with van der Waals surface area (Å²) < 4.78 is 0. The first-order chi connectivity index (χ1) is 9.99. The smallest absolute Gasteiger partial charge is 0.253 e. The van der Waals surface area contributed by atoms with Crippen LogP contribution in [-0.2, 0) is 0 Å². The normalized spacial score (nSPS) is 13.0. The molecule has 2 aromatic rings. The maximum absolute atomic E-state index is 12.4. The summed E-state index contributed by atoms with van der Waals surface area (Å²) in [7, 11) is 4.12. The number of para-hydroxylation sites is 1. The number of fused-ring (bicyclic) bond motifs is 1. The summed E-state index contributed by atoms with van der Waals surface area (Å²) >= 11 is 0. The average molecular weight is 287 g/mol. The van der Waals surface area contributed by atoms with Gasteiger partial charge in [0.15, 0.2) is 0 Å². The number of benzene rings is 1. The molecule has 1 amide bonds. The van der Waals surface area contributed by atoms with Gasteiger partial charge in [0, 0.05) is 29.7 Å². The van der Waals surface area contributed by atoms with Crippen molar-refractivity contribution < 1.29 is 4.79 Å². The van der Waals surface area contributed by atoms with Crippen molar-refractivity contribution in [1.29, 1.82) is 0 Å². The van der Waals surface area contributed by atoms with Crippen LogP contribution in [0.1, 0.15) is 30.6 Å². The zero-order chi connectivity index (χ0) is 15.4. The van der Waals surface area contributed by atoms with Gasteiger partial charge in [0.25, 0.3) is 5.91 Å². The number of aromatic amines is 1. The second-order valence-corrected chi connectivity index (χ2v) is 6.20.